The molecule has 3 aliphatic rings. The monoisotopic (exact) mass is 468 g/mol. The van der Waals surface area contributed by atoms with Crippen molar-refractivity contribution in [1.29, 1.82) is 0 Å². The number of carbonyl (C=O) groups is 2. The van der Waals surface area contributed by atoms with Gasteiger partial charge in [0.2, 0.25) is 5.91 Å². The molecule has 2 aliphatic heterocycles. The van der Waals surface area contributed by atoms with Crippen LogP contribution < -0.4 is 10.6 Å². The lowest BCUT2D eigenvalue weighted by atomic mass is 9.87. The molecule has 6 nitrogen and oxygen atoms in total. The molecule has 5 rings (SSSR count). The molecule has 8 heteroatoms. The SMILES string of the molecule is CSc1ccccc1[C@@H]1C2=C(CNC2=O)N[C@@H]2CCCC[C@H]2N1C(=O)CCc1nccs1. The number of thiazole rings is 1. The Balaban J connectivity index is 1.60. The van der Waals surface area contributed by atoms with E-state index >= 15 is 0 Å². The first-order chi connectivity index (χ1) is 15.7. The van der Waals surface area contributed by atoms with Gasteiger partial charge in [0.15, 0.2) is 0 Å². The second-order valence-corrected chi connectivity index (χ2v) is 10.4. The van der Waals surface area contributed by atoms with Crippen molar-refractivity contribution in [3.63, 3.8) is 0 Å². The third-order valence-corrected chi connectivity index (χ3v) is 8.40. The highest BCUT2D eigenvalue weighted by Crippen LogP contribution is 2.43. The molecular weight excluding hydrogens is 440 g/mol. The third kappa shape index (κ3) is 3.94. The van der Waals surface area contributed by atoms with Crippen LogP contribution in [0.1, 0.15) is 48.7 Å². The molecule has 2 N–H and O–H groups in total. The minimum Gasteiger partial charge on any atom is -0.382 e. The molecule has 0 saturated heterocycles. The first kappa shape index (κ1) is 21.5. The van der Waals surface area contributed by atoms with Gasteiger partial charge in [0.1, 0.15) is 0 Å². The number of aromatic nitrogens is 1. The highest BCUT2D eigenvalue weighted by Gasteiger charge is 2.46. The molecule has 1 aliphatic carbocycles. The molecule has 0 bridgehead atoms. The number of hydrogen-bond donors (Lipinski definition) is 2. The lowest BCUT2D eigenvalue weighted by Crippen LogP contribution is -2.53. The second kappa shape index (κ2) is 9.27. The van der Waals surface area contributed by atoms with Crippen LogP contribution in [0.2, 0.25) is 0 Å². The predicted octanol–water partition coefficient (Wildman–Crippen LogP) is 3.67. The van der Waals surface area contributed by atoms with E-state index in [9.17, 15) is 9.59 Å². The number of carbonyl (C=O) groups excluding carboxylic acids is 2. The quantitative estimate of drug-likeness (QED) is 0.655. The van der Waals surface area contributed by atoms with Gasteiger partial charge >= 0.3 is 0 Å². The van der Waals surface area contributed by atoms with Crippen molar-refractivity contribution in [2.45, 2.75) is 61.5 Å². The lowest BCUT2D eigenvalue weighted by Gasteiger charge is -2.43. The smallest absolute Gasteiger partial charge is 0.251 e. The number of nitrogens with one attached hydrogen (secondary N) is 2. The third-order valence-electron chi connectivity index (χ3n) is 6.75. The molecule has 2 aromatic rings. The van der Waals surface area contributed by atoms with Crippen molar-refractivity contribution in [3.8, 4) is 0 Å². The highest BCUT2D eigenvalue weighted by atomic mass is 32.2. The fourth-order valence-electron chi connectivity index (χ4n) is 5.33. The average Bonchev–Trinajstić information content (AvgIpc) is 3.43. The Hall–Kier alpha value is -2.32. The fraction of sp³-hybridized carbons (Fsp3) is 0.458. The number of aryl methyl sites for hydroxylation is 1. The summed E-state index contributed by atoms with van der Waals surface area (Å²) in [5.41, 5.74) is 2.71. The zero-order valence-electron chi connectivity index (χ0n) is 18.2. The first-order valence-corrected chi connectivity index (χ1v) is 13.4. The van der Waals surface area contributed by atoms with Crippen LogP contribution in [0.4, 0.5) is 0 Å². The summed E-state index contributed by atoms with van der Waals surface area (Å²) in [4.78, 5) is 34.5. The first-order valence-electron chi connectivity index (χ1n) is 11.3. The Morgan fingerprint density at radius 1 is 1.28 bits per heavy atom. The maximum absolute atomic E-state index is 13.9. The van der Waals surface area contributed by atoms with Gasteiger partial charge in [-0.3, -0.25) is 9.59 Å². The molecule has 3 heterocycles. The van der Waals surface area contributed by atoms with Gasteiger partial charge < -0.3 is 15.5 Å². The van der Waals surface area contributed by atoms with Crippen LogP contribution in [0.25, 0.3) is 0 Å². The molecule has 168 valence electrons. The van der Waals surface area contributed by atoms with E-state index in [2.05, 4.69) is 38.9 Å². The molecule has 2 amide bonds. The van der Waals surface area contributed by atoms with Crippen molar-refractivity contribution in [1.82, 2.24) is 20.5 Å². The van der Waals surface area contributed by atoms with Gasteiger partial charge in [-0.05, 0) is 30.7 Å². The molecule has 1 fully saturated rings. The zero-order valence-corrected chi connectivity index (χ0v) is 19.8. The van der Waals surface area contributed by atoms with Crippen molar-refractivity contribution in [2.24, 2.45) is 0 Å². The van der Waals surface area contributed by atoms with Crippen LogP contribution in [0.15, 0.2) is 52.0 Å². The van der Waals surface area contributed by atoms with Gasteiger partial charge in [-0.25, -0.2) is 4.98 Å². The van der Waals surface area contributed by atoms with Gasteiger partial charge in [-0.2, -0.15) is 0 Å². The van der Waals surface area contributed by atoms with Gasteiger partial charge in [-0.1, -0.05) is 31.0 Å². The van der Waals surface area contributed by atoms with Crippen LogP contribution in [0, 0.1) is 0 Å². The van der Waals surface area contributed by atoms with Crippen LogP contribution in [-0.2, 0) is 16.0 Å². The molecule has 1 aromatic heterocycles. The van der Waals surface area contributed by atoms with Crippen molar-refractivity contribution < 1.29 is 9.59 Å². The predicted molar refractivity (Wildman–Crippen MR) is 127 cm³/mol. The number of nitrogens with zero attached hydrogens (tertiary/aromatic N) is 2. The number of hydrogen-bond acceptors (Lipinski definition) is 6. The van der Waals surface area contributed by atoms with Crippen LogP contribution in [-0.4, -0.2) is 46.6 Å². The van der Waals surface area contributed by atoms with E-state index in [1.165, 1.54) is 0 Å². The number of thioether (sulfide) groups is 1. The topological polar surface area (TPSA) is 74.3 Å². The maximum Gasteiger partial charge on any atom is 0.251 e. The molecule has 1 aromatic carbocycles. The van der Waals surface area contributed by atoms with Crippen molar-refractivity contribution in [3.05, 3.63) is 57.7 Å². The zero-order chi connectivity index (χ0) is 22.1. The normalized spacial score (nSPS) is 25.0. The van der Waals surface area contributed by atoms with Gasteiger partial charge in [-0.15, -0.1) is 23.1 Å². The molecular formula is C24H28N4O2S2. The molecule has 0 radical (unpaired) electrons. The standard InChI is InChI=1S/C24H28N4O2S2/c1-31-19-9-5-2-6-15(19)23-22-17(14-26-24(22)30)27-16-7-3-4-8-18(16)28(23)21(29)11-10-20-25-12-13-32-20/h2,5-6,9,12-13,16,18,23,27H,3-4,7-8,10-11,14H2,1H3,(H,26,30)/t16-,18-,23-/m1/s1. The van der Waals surface area contributed by atoms with E-state index in [0.29, 0.717) is 25.0 Å². The molecule has 32 heavy (non-hydrogen) atoms. The van der Waals surface area contributed by atoms with Crippen molar-refractivity contribution in [2.75, 3.05) is 12.8 Å². The number of fused-ring (bicyclic) bond motifs is 1. The summed E-state index contributed by atoms with van der Waals surface area (Å²) in [6.07, 6.45) is 9.10. The number of amides is 2. The van der Waals surface area contributed by atoms with E-state index < -0.39 is 0 Å². The number of rotatable bonds is 5. The van der Waals surface area contributed by atoms with E-state index in [-0.39, 0.29) is 29.9 Å². The Kier molecular flexibility index (Phi) is 6.24. The summed E-state index contributed by atoms with van der Waals surface area (Å²) < 4.78 is 0. The van der Waals surface area contributed by atoms with Gasteiger partial charge in [0.25, 0.3) is 5.91 Å². The summed E-state index contributed by atoms with van der Waals surface area (Å²) in [6, 6.07) is 8.07. The largest absolute Gasteiger partial charge is 0.382 e. The van der Waals surface area contributed by atoms with Gasteiger partial charge in [0, 0.05) is 41.1 Å². The Morgan fingerprint density at radius 3 is 2.94 bits per heavy atom. The summed E-state index contributed by atoms with van der Waals surface area (Å²) in [6.45, 7) is 0.510. The van der Waals surface area contributed by atoms with Crippen LogP contribution in [0.5, 0.6) is 0 Å². The van der Waals surface area contributed by atoms with E-state index in [4.69, 9.17) is 0 Å². The summed E-state index contributed by atoms with van der Waals surface area (Å²) in [5, 5.41) is 9.62. The molecule has 0 unspecified atom stereocenters. The molecule has 0 spiro atoms. The second-order valence-electron chi connectivity index (χ2n) is 8.55. The Bertz CT molecular complexity index is 1040. The number of benzene rings is 1. The summed E-state index contributed by atoms with van der Waals surface area (Å²) >= 11 is 3.25. The fourth-order valence-corrected chi connectivity index (χ4v) is 6.58. The van der Waals surface area contributed by atoms with Gasteiger partial charge in [0.05, 0.1) is 29.2 Å². The Morgan fingerprint density at radius 2 is 2.12 bits per heavy atom. The minimum atomic E-state index is -0.374. The average molecular weight is 469 g/mol. The van der Waals surface area contributed by atoms with Crippen molar-refractivity contribution >= 4 is 34.9 Å². The highest BCUT2D eigenvalue weighted by molar-refractivity contribution is 7.98. The van der Waals surface area contributed by atoms with E-state index in [1.807, 2.05) is 17.5 Å². The maximum atomic E-state index is 13.9. The summed E-state index contributed by atoms with van der Waals surface area (Å²) in [5.74, 6) is 0.0398. The molecule has 1 saturated carbocycles. The lowest BCUT2D eigenvalue weighted by molar-refractivity contribution is -0.137. The van der Waals surface area contributed by atoms with E-state index in [0.717, 1.165) is 46.8 Å². The van der Waals surface area contributed by atoms with Crippen LogP contribution in [0.3, 0.4) is 0 Å². The Labute approximate surface area is 196 Å². The summed E-state index contributed by atoms with van der Waals surface area (Å²) in [7, 11) is 0. The van der Waals surface area contributed by atoms with Crippen LogP contribution >= 0.6 is 23.1 Å². The van der Waals surface area contributed by atoms with E-state index in [1.54, 1.807) is 29.3 Å². The molecule has 3 atom stereocenters. The minimum absolute atomic E-state index is 0.0650.